The highest BCUT2D eigenvalue weighted by Gasteiger charge is 2.21. The third kappa shape index (κ3) is 2.73. The van der Waals surface area contributed by atoms with E-state index in [0.29, 0.717) is 19.5 Å². The Hall–Kier alpha value is -1.75. The smallest absolute Gasteiger partial charge is 0.221 e. The minimum absolute atomic E-state index is 0.102. The van der Waals surface area contributed by atoms with Crippen molar-refractivity contribution in [3.8, 4) is 11.5 Å². The molecule has 1 aliphatic rings. The molecule has 0 aliphatic carbocycles. The molecule has 1 fully saturated rings. The molecule has 2 rings (SSSR count). The second-order valence-electron chi connectivity index (χ2n) is 4.24. The summed E-state index contributed by atoms with van der Waals surface area (Å²) >= 11 is 0. The number of nitrogens with one attached hydrogen (secondary N) is 2. The van der Waals surface area contributed by atoms with Gasteiger partial charge < -0.3 is 20.1 Å². The number of rotatable bonds is 5. The fraction of sp³-hybridized carbons (Fsp3) is 0.462. The molecule has 18 heavy (non-hydrogen) atoms. The lowest BCUT2D eigenvalue weighted by Gasteiger charge is -2.15. The Kier molecular flexibility index (Phi) is 4.04. The Morgan fingerprint density at radius 1 is 1.39 bits per heavy atom. The predicted octanol–water partition coefficient (Wildman–Crippen LogP) is 0.682. The van der Waals surface area contributed by atoms with E-state index in [9.17, 15) is 4.79 Å². The Morgan fingerprint density at radius 3 is 2.83 bits per heavy atom. The lowest BCUT2D eigenvalue weighted by molar-refractivity contribution is -0.119. The van der Waals surface area contributed by atoms with Crippen molar-refractivity contribution in [1.82, 2.24) is 10.6 Å². The van der Waals surface area contributed by atoms with Gasteiger partial charge in [-0.2, -0.15) is 0 Å². The summed E-state index contributed by atoms with van der Waals surface area (Å²) in [5, 5.41) is 6.14. The average molecular weight is 250 g/mol. The maximum Gasteiger partial charge on any atom is 0.221 e. The second-order valence-corrected chi connectivity index (χ2v) is 4.24. The molecule has 1 aromatic carbocycles. The number of carbonyl (C=O) groups is 1. The largest absolute Gasteiger partial charge is 0.493 e. The van der Waals surface area contributed by atoms with Crippen LogP contribution in [0.3, 0.4) is 0 Å². The molecular formula is C13H18N2O3. The van der Waals surface area contributed by atoms with Crippen LogP contribution in [0.2, 0.25) is 0 Å². The van der Waals surface area contributed by atoms with Gasteiger partial charge in [0, 0.05) is 31.1 Å². The van der Waals surface area contributed by atoms with Crippen LogP contribution < -0.4 is 20.1 Å². The van der Waals surface area contributed by atoms with Crippen LogP contribution in [0.5, 0.6) is 11.5 Å². The molecule has 1 unspecified atom stereocenters. The number of para-hydroxylation sites is 1. The highest BCUT2D eigenvalue weighted by molar-refractivity contribution is 5.78. The van der Waals surface area contributed by atoms with Crippen LogP contribution in [0, 0.1) is 0 Å². The number of ether oxygens (including phenoxy) is 2. The average Bonchev–Trinajstić information content (AvgIpc) is 2.81. The summed E-state index contributed by atoms with van der Waals surface area (Å²) < 4.78 is 10.6. The SMILES string of the molecule is COc1cccc(CNC2CNC(=O)C2)c1OC. The summed E-state index contributed by atoms with van der Waals surface area (Å²) in [6.45, 7) is 1.34. The molecule has 0 spiro atoms. The zero-order valence-corrected chi connectivity index (χ0v) is 10.7. The molecule has 0 saturated carbocycles. The molecule has 5 heteroatoms. The van der Waals surface area contributed by atoms with Crippen LogP contribution in [-0.2, 0) is 11.3 Å². The fourth-order valence-corrected chi connectivity index (χ4v) is 2.10. The first-order valence-corrected chi connectivity index (χ1v) is 5.94. The fourth-order valence-electron chi connectivity index (χ4n) is 2.10. The third-order valence-corrected chi connectivity index (χ3v) is 3.04. The van der Waals surface area contributed by atoms with Crippen LogP contribution >= 0.6 is 0 Å². The van der Waals surface area contributed by atoms with Gasteiger partial charge in [0.15, 0.2) is 11.5 Å². The zero-order valence-electron chi connectivity index (χ0n) is 10.7. The van der Waals surface area contributed by atoms with Crippen molar-refractivity contribution >= 4 is 5.91 Å². The van der Waals surface area contributed by atoms with Crippen molar-refractivity contribution in [3.63, 3.8) is 0 Å². The highest BCUT2D eigenvalue weighted by Crippen LogP contribution is 2.30. The van der Waals surface area contributed by atoms with E-state index in [1.807, 2.05) is 18.2 Å². The number of hydrogen-bond donors (Lipinski definition) is 2. The van der Waals surface area contributed by atoms with Gasteiger partial charge in [-0.3, -0.25) is 4.79 Å². The quantitative estimate of drug-likeness (QED) is 0.807. The van der Waals surface area contributed by atoms with E-state index in [-0.39, 0.29) is 11.9 Å². The maximum atomic E-state index is 11.1. The van der Waals surface area contributed by atoms with Gasteiger partial charge in [0.25, 0.3) is 0 Å². The molecule has 0 aromatic heterocycles. The molecule has 1 atom stereocenters. The van der Waals surface area contributed by atoms with E-state index in [4.69, 9.17) is 9.47 Å². The molecular weight excluding hydrogens is 232 g/mol. The molecule has 1 amide bonds. The zero-order chi connectivity index (χ0) is 13.0. The number of amides is 1. The lowest BCUT2D eigenvalue weighted by atomic mass is 10.1. The van der Waals surface area contributed by atoms with Crippen molar-refractivity contribution in [2.75, 3.05) is 20.8 Å². The number of methoxy groups -OCH3 is 2. The third-order valence-electron chi connectivity index (χ3n) is 3.04. The van der Waals surface area contributed by atoms with E-state index in [0.717, 1.165) is 17.1 Å². The van der Waals surface area contributed by atoms with E-state index in [1.54, 1.807) is 14.2 Å². The maximum absolute atomic E-state index is 11.1. The molecule has 0 bridgehead atoms. The van der Waals surface area contributed by atoms with Gasteiger partial charge in [-0.05, 0) is 6.07 Å². The van der Waals surface area contributed by atoms with Gasteiger partial charge in [-0.15, -0.1) is 0 Å². The van der Waals surface area contributed by atoms with Crippen molar-refractivity contribution in [2.24, 2.45) is 0 Å². The highest BCUT2D eigenvalue weighted by atomic mass is 16.5. The van der Waals surface area contributed by atoms with Crippen molar-refractivity contribution in [1.29, 1.82) is 0 Å². The van der Waals surface area contributed by atoms with E-state index < -0.39 is 0 Å². The lowest BCUT2D eigenvalue weighted by Crippen LogP contribution is -2.30. The molecule has 1 aromatic rings. The van der Waals surface area contributed by atoms with Gasteiger partial charge in [0.05, 0.1) is 14.2 Å². The summed E-state index contributed by atoms with van der Waals surface area (Å²) in [4.78, 5) is 11.1. The second kappa shape index (κ2) is 5.73. The van der Waals surface area contributed by atoms with Gasteiger partial charge >= 0.3 is 0 Å². The van der Waals surface area contributed by atoms with Crippen LogP contribution in [0.1, 0.15) is 12.0 Å². The summed E-state index contributed by atoms with van der Waals surface area (Å²) in [6.07, 6.45) is 0.534. The Morgan fingerprint density at radius 2 is 2.22 bits per heavy atom. The Balaban J connectivity index is 2.02. The molecule has 98 valence electrons. The normalized spacial score (nSPS) is 18.6. The minimum Gasteiger partial charge on any atom is -0.493 e. The van der Waals surface area contributed by atoms with Gasteiger partial charge in [-0.1, -0.05) is 12.1 Å². The first-order chi connectivity index (χ1) is 8.74. The summed E-state index contributed by atoms with van der Waals surface area (Å²) in [6, 6.07) is 5.96. The molecule has 1 saturated heterocycles. The Labute approximate surface area is 106 Å². The number of benzene rings is 1. The van der Waals surface area contributed by atoms with Gasteiger partial charge in [0.1, 0.15) is 0 Å². The van der Waals surface area contributed by atoms with E-state index >= 15 is 0 Å². The number of hydrogen-bond acceptors (Lipinski definition) is 4. The van der Waals surface area contributed by atoms with Crippen LogP contribution in [0.4, 0.5) is 0 Å². The van der Waals surface area contributed by atoms with E-state index in [2.05, 4.69) is 10.6 Å². The van der Waals surface area contributed by atoms with Crippen molar-refractivity contribution < 1.29 is 14.3 Å². The molecule has 1 aliphatic heterocycles. The van der Waals surface area contributed by atoms with Gasteiger partial charge in [-0.25, -0.2) is 0 Å². The van der Waals surface area contributed by atoms with Crippen LogP contribution in [-0.4, -0.2) is 32.7 Å². The van der Waals surface area contributed by atoms with Crippen molar-refractivity contribution in [2.45, 2.75) is 19.0 Å². The predicted molar refractivity (Wildman–Crippen MR) is 67.8 cm³/mol. The minimum atomic E-state index is 0.102. The summed E-state index contributed by atoms with van der Waals surface area (Å²) in [5.74, 6) is 1.56. The summed E-state index contributed by atoms with van der Waals surface area (Å²) in [7, 11) is 3.25. The topological polar surface area (TPSA) is 59.6 Å². The Bertz CT molecular complexity index is 434. The molecule has 1 heterocycles. The molecule has 5 nitrogen and oxygen atoms in total. The first kappa shape index (κ1) is 12.7. The molecule has 2 N–H and O–H groups in total. The van der Waals surface area contributed by atoms with Gasteiger partial charge in [0.2, 0.25) is 5.91 Å². The first-order valence-electron chi connectivity index (χ1n) is 5.94. The summed E-state index contributed by atoms with van der Waals surface area (Å²) in [5.41, 5.74) is 1.02. The van der Waals surface area contributed by atoms with Crippen molar-refractivity contribution in [3.05, 3.63) is 23.8 Å². The monoisotopic (exact) mass is 250 g/mol. The standard InChI is InChI=1S/C13H18N2O3/c1-17-11-5-3-4-9(13(11)18-2)7-14-10-6-12(16)15-8-10/h3-5,10,14H,6-8H2,1-2H3,(H,15,16). The molecule has 0 radical (unpaired) electrons. The van der Waals surface area contributed by atoms with E-state index in [1.165, 1.54) is 0 Å². The number of carbonyl (C=O) groups excluding carboxylic acids is 1. The van der Waals surface area contributed by atoms with Crippen LogP contribution in [0.25, 0.3) is 0 Å². The van der Waals surface area contributed by atoms with Crippen LogP contribution in [0.15, 0.2) is 18.2 Å².